The zero-order chi connectivity index (χ0) is 15.7. The first-order valence-corrected chi connectivity index (χ1v) is 8.56. The van der Waals surface area contributed by atoms with E-state index in [0.29, 0.717) is 6.54 Å². The summed E-state index contributed by atoms with van der Waals surface area (Å²) in [5, 5.41) is 5.12. The smallest absolute Gasteiger partial charge is 0.208 e. The zero-order valence-corrected chi connectivity index (χ0v) is 12.7. The average molecular weight is 322 g/mol. The lowest BCUT2D eigenvalue weighted by atomic mass is 10.1. The van der Waals surface area contributed by atoms with Crippen molar-refractivity contribution in [1.29, 1.82) is 0 Å². The van der Waals surface area contributed by atoms with Crippen molar-refractivity contribution in [1.82, 2.24) is 19.5 Å². The van der Waals surface area contributed by atoms with Crippen LogP contribution in [0.2, 0.25) is 0 Å². The number of sulfonamides is 1. The fourth-order valence-electron chi connectivity index (χ4n) is 2.31. The quantitative estimate of drug-likeness (QED) is 0.750. The van der Waals surface area contributed by atoms with Gasteiger partial charge in [0.15, 0.2) is 0 Å². The molecule has 0 bridgehead atoms. The van der Waals surface area contributed by atoms with E-state index in [4.69, 9.17) is 0 Å². The highest BCUT2D eigenvalue weighted by atomic mass is 32.2. The van der Waals surface area contributed by atoms with E-state index >= 15 is 0 Å². The van der Waals surface area contributed by atoms with Crippen LogP contribution in [-0.2, 0) is 16.6 Å². The van der Waals surface area contributed by atoms with Gasteiger partial charge in [-0.25, -0.2) is 17.5 Å². The van der Waals surface area contributed by atoms with Crippen molar-refractivity contribution in [3.63, 3.8) is 0 Å². The molecule has 0 atom stereocenters. The lowest BCUT2D eigenvalue weighted by Gasteiger charge is -2.02. The predicted octanol–water partition coefficient (Wildman–Crippen LogP) is 1.72. The molecule has 1 aromatic carbocycles. The fraction of sp³-hybridized carbons (Fsp3) is 0.214. The molecule has 0 fully saturated rings. The number of benzene rings is 1. The van der Waals surface area contributed by atoms with E-state index in [1.54, 1.807) is 23.1 Å². The molecule has 0 saturated heterocycles. The molecular formula is C14H15FN4O2S. The number of H-pyrrole nitrogens is 1. The van der Waals surface area contributed by atoms with Crippen LogP contribution in [0.25, 0.3) is 22.0 Å². The van der Waals surface area contributed by atoms with Gasteiger partial charge in [-0.1, -0.05) is 0 Å². The number of fused-ring (bicyclic) bond motifs is 1. The molecular weight excluding hydrogens is 307 g/mol. The van der Waals surface area contributed by atoms with Crippen LogP contribution in [0, 0.1) is 5.82 Å². The van der Waals surface area contributed by atoms with Gasteiger partial charge in [-0.05, 0) is 18.2 Å². The van der Waals surface area contributed by atoms with Gasteiger partial charge < -0.3 is 4.98 Å². The number of halogens is 1. The molecule has 3 rings (SSSR count). The summed E-state index contributed by atoms with van der Waals surface area (Å²) in [6.45, 7) is 0.711. The molecule has 0 spiro atoms. The third-order valence-electron chi connectivity index (χ3n) is 3.29. The minimum absolute atomic E-state index is 0.277. The number of aromatic amines is 1. The molecule has 0 radical (unpaired) electrons. The third-order valence-corrected chi connectivity index (χ3v) is 4.02. The van der Waals surface area contributed by atoms with Crippen molar-refractivity contribution in [2.75, 3.05) is 12.8 Å². The molecule has 0 aliphatic heterocycles. The van der Waals surface area contributed by atoms with E-state index in [2.05, 4.69) is 14.8 Å². The number of hydrogen-bond acceptors (Lipinski definition) is 3. The molecule has 6 nitrogen and oxygen atoms in total. The van der Waals surface area contributed by atoms with E-state index < -0.39 is 10.0 Å². The largest absolute Gasteiger partial charge is 0.360 e. The van der Waals surface area contributed by atoms with Crippen LogP contribution in [-0.4, -0.2) is 36.0 Å². The van der Waals surface area contributed by atoms with Gasteiger partial charge in [0, 0.05) is 41.0 Å². The SMILES string of the molecule is CS(=O)(=O)NCCn1cc(-c2c[nH]c3cc(F)ccc23)cn1. The van der Waals surface area contributed by atoms with Gasteiger partial charge in [-0.15, -0.1) is 0 Å². The number of rotatable bonds is 5. The minimum Gasteiger partial charge on any atom is -0.360 e. The Morgan fingerprint density at radius 2 is 2.23 bits per heavy atom. The third kappa shape index (κ3) is 3.18. The van der Waals surface area contributed by atoms with Gasteiger partial charge in [-0.2, -0.15) is 5.10 Å². The van der Waals surface area contributed by atoms with Crippen LogP contribution in [0.5, 0.6) is 0 Å². The molecule has 8 heteroatoms. The second-order valence-corrected chi connectivity index (χ2v) is 6.88. The number of nitrogens with zero attached hydrogens (tertiary/aromatic N) is 2. The van der Waals surface area contributed by atoms with Crippen LogP contribution in [0.3, 0.4) is 0 Å². The first-order chi connectivity index (χ1) is 10.4. The Hall–Kier alpha value is -2.19. The Morgan fingerprint density at radius 1 is 1.41 bits per heavy atom. The van der Waals surface area contributed by atoms with Gasteiger partial charge in [0.2, 0.25) is 10.0 Å². The zero-order valence-electron chi connectivity index (χ0n) is 11.9. The molecule has 3 aromatic rings. The van der Waals surface area contributed by atoms with E-state index in [0.717, 1.165) is 28.3 Å². The summed E-state index contributed by atoms with van der Waals surface area (Å²) in [6.07, 6.45) is 6.45. The van der Waals surface area contributed by atoms with Crippen LogP contribution in [0.1, 0.15) is 0 Å². The molecule has 116 valence electrons. The van der Waals surface area contributed by atoms with Gasteiger partial charge in [0.1, 0.15) is 5.82 Å². The Morgan fingerprint density at radius 3 is 3.00 bits per heavy atom. The van der Waals surface area contributed by atoms with E-state index in [1.165, 1.54) is 12.1 Å². The Bertz CT molecular complexity index is 914. The summed E-state index contributed by atoms with van der Waals surface area (Å²) in [7, 11) is -3.20. The van der Waals surface area contributed by atoms with Crippen molar-refractivity contribution in [2.24, 2.45) is 0 Å². The first kappa shape index (κ1) is 14.7. The second kappa shape index (κ2) is 5.54. The maximum Gasteiger partial charge on any atom is 0.208 e. The molecule has 2 heterocycles. The molecule has 0 aliphatic rings. The maximum absolute atomic E-state index is 13.2. The molecule has 22 heavy (non-hydrogen) atoms. The fourth-order valence-corrected chi connectivity index (χ4v) is 2.77. The van der Waals surface area contributed by atoms with Gasteiger partial charge in [-0.3, -0.25) is 4.68 Å². The van der Waals surface area contributed by atoms with E-state index in [-0.39, 0.29) is 12.4 Å². The lowest BCUT2D eigenvalue weighted by Crippen LogP contribution is -2.26. The van der Waals surface area contributed by atoms with Gasteiger partial charge in [0.25, 0.3) is 0 Å². The normalized spacial score (nSPS) is 12.1. The molecule has 0 saturated carbocycles. The van der Waals surface area contributed by atoms with Crippen molar-refractivity contribution < 1.29 is 12.8 Å². The topological polar surface area (TPSA) is 79.8 Å². The highest BCUT2D eigenvalue weighted by molar-refractivity contribution is 7.88. The number of nitrogens with one attached hydrogen (secondary N) is 2. The van der Waals surface area contributed by atoms with Crippen LogP contribution in [0.15, 0.2) is 36.8 Å². The summed E-state index contributed by atoms with van der Waals surface area (Å²) >= 11 is 0. The van der Waals surface area contributed by atoms with Crippen LogP contribution >= 0.6 is 0 Å². The summed E-state index contributed by atoms with van der Waals surface area (Å²) in [6, 6.07) is 4.58. The Labute approximate surface area is 127 Å². The molecule has 0 aliphatic carbocycles. The number of aromatic nitrogens is 3. The van der Waals surface area contributed by atoms with E-state index in [9.17, 15) is 12.8 Å². The van der Waals surface area contributed by atoms with Crippen molar-refractivity contribution in [3.8, 4) is 11.1 Å². The highest BCUT2D eigenvalue weighted by Gasteiger charge is 2.09. The standard InChI is InChI=1S/C14H15FN4O2S/c1-22(20,21)18-4-5-19-9-10(7-17-19)13-8-16-14-6-11(15)2-3-12(13)14/h2-3,6-9,16,18H,4-5H2,1H3. The monoisotopic (exact) mass is 322 g/mol. The molecule has 0 unspecified atom stereocenters. The van der Waals surface area contributed by atoms with Crippen molar-refractivity contribution in [3.05, 3.63) is 42.6 Å². The van der Waals surface area contributed by atoms with E-state index in [1.807, 2.05) is 6.20 Å². The van der Waals surface area contributed by atoms with Crippen molar-refractivity contribution >= 4 is 20.9 Å². The van der Waals surface area contributed by atoms with Crippen LogP contribution < -0.4 is 4.72 Å². The number of hydrogen-bond donors (Lipinski definition) is 2. The average Bonchev–Trinajstić information content (AvgIpc) is 3.03. The Kier molecular flexibility index (Phi) is 3.71. The van der Waals surface area contributed by atoms with Crippen molar-refractivity contribution in [2.45, 2.75) is 6.54 Å². The molecule has 2 aromatic heterocycles. The summed E-state index contributed by atoms with van der Waals surface area (Å²) < 4.78 is 39.3. The van der Waals surface area contributed by atoms with Gasteiger partial charge in [0.05, 0.1) is 19.0 Å². The summed E-state index contributed by atoms with van der Waals surface area (Å²) in [4.78, 5) is 3.03. The maximum atomic E-state index is 13.2. The van der Waals surface area contributed by atoms with Crippen LogP contribution in [0.4, 0.5) is 4.39 Å². The Balaban J connectivity index is 1.80. The minimum atomic E-state index is -3.20. The summed E-state index contributed by atoms with van der Waals surface area (Å²) in [5.41, 5.74) is 2.54. The lowest BCUT2D eigenvalue weighted by molar-refractivity contribution is 0.565. The molecule has 2 N–H and O–H groups in total. The highest BCUT2D eigenvalue weighted by Crippen LogP contribution is 2.28. The summed E-state index contributed by atoms with van der Waals surface area (Å²) in [5.74, 6) is -0.288. The first-order valence-electron chi connectivity index (χ1n) is 6.66. The molecule has 0 amide bonds. The van der Waals surface area contributed by atoms with Gasteiger partial charge >= 0.3 is 0 Å². The predicted molar refractivity (Wildman–Crippen MR) is 82.3 cm³/mol. The second-order valence-electron chi connectivity index (χ2n) is 5.05.